The molecule has 2 heterocycles. The highest BCUT2D eigenvalue weighted by molar-refractivity contribution is 5.82. The second kappa shape index (κ2) is 5.18. The van der Waals surface area contributed by atoms with E-state index in [-0.39, 0.29) is 24.3 Å². The Bertz CT molecular complexity index is 642. The zero-order valence-electron chi connectivity index (χ0n) is 10.7. The summed E-state index contributed by atoms with van der Waals surface area (Å²) >= 11 is 0. The third kappa shape index (κ3) is 2.63. The summed E-state index contributed by atoms with van der Waals surface area (Å²) < 4.78 is 13.1. The molecule has 1 aliphatic rings. The molecule has 0 radical (unpaired) electrons. The molecule has 1 aliphatic heterocycles. The van der Waals surface area contributed by atoms with Crippen LogP contribution in [0.2, 0.25) is 0 Å². The van der Waals surface area contributed by atoms with Crippen LogP contribution in [0.5, 0.6) is 0 Å². The molecule has 1 aromatic heterocycles. The van der Waals surface area contributed by atoms with Crippen LogP contribution in [0.4, 0.5) is 4.39 Å². The number of aromatic amines is 1. The molecule has 1 saturated heterocycles. The first kappa shape index (κ1) is 13.0. The molecule has 1 aromatic carbocycles. The molecular formula is C13H15FN4O2. The lowest BCUT2D eigenvalue weighted by atomic mass is 10.2. The highest BCUT2D eigenvalue weighted by Gasteiger charge is 2.27. The number of fused-ring (bicyclic) bond motifs is 1. The molecule has 1 fully saturated rings. The normalized spacial score (nSPS) is 22.3. The van der Waals surface area contributed by atoms with E-state index in [1.54, 1.807) is 6.07 Å². The number of hydrogen-bond donors (Lipinski definition) is 4. The summed E-state index contributed by atoms with van der Waals surface area (Å²) in [6, 6.07) is 3.92. The Balaban J connectivity index is 1.63. The van der Waals surface area contributed by atoms with Gasteiger partial charge in [0.15, 0.2) is 0 Å². The van der Waals surface area contributed by atoms with Crippen LogP contribution in [0.25, 0.3) is 11.0 Å². The molecular weight excluding hydrogens is 263 g/mol. The maximum atomic E-state index is 13.1. The van der Waals surface area contributed by atoms with Crippen molar-refractivity contribution in [2.24, 2.45) is 0 Å². The number of nitrogens with one attached hydrogen (secondary N) is 3. The number of H-pyrrole nitrogens is 1. The minimum absolute atomic E-state index is 0.173. The van der Waals surface area contributed by atoms with Gasteiger partial charge in [-0.05, 0) is 24.6 Å². The van der Waals surface area contributed by atoms with Crippen molar-refractivity contribution >= 4 is 16.9 Å². The average molecular weight is 278 g/mol. The van der Waals surface area contributed by atoms with E-state index in [2.05, 4.69) is 20.6 Å². The third-order valence-corrected chi connectivity index (χ3v) is 3.35. The Labute approximate surface area is 114 Å². The number of nitrogens with zero attached hydrogens (tertiary/aromatic N) is 1. The van der Waals surface area contributed by atoms with Crippen molar-refractivity contribution in [2.45, 2.75) is 25.1 Å². The number of β-amino-alcohol motifs (C(OH)–C–C–N with tert-alkyl or cyclic N) is 1. The Morgan fingerprint density at radius 3 is 3.15 bits per heavy atom. The molecule has 106 valence electrons. The van der Waals surface area contributed by atoms with Crippen molar-refractivity contribution in [1.29, 1.82) is 0 Å². The molecule has 0 bridgehead atoms. The van der Waals surface area contributed by atoms with Crippen molar-refractivity contribution in [3.05, 3.63) is 29.8 Å². The van der Waals surface area contributed by atoms with Gasteiger partial charge in [0.05, 0.1) is 29.7 Å². The molecule has 2 unspecified atom stereocenters. The van der Waals surface area contributed by atoms with Crippen molar-refractivity contribution in [1.82, 2.24) is 20.6 Å². The summed E-state index contributed by atoms with van der Waals surface area (Å²) in [5.41, 5.74) is 1.26. The first-order valence-electron chi connectivity index (χ1n) is 6.45. The van der Waals surface area contributed by atoms with E-state index in [0.29, 0.717) is 29.8 Å². The molecule has 6 nitrogen and oxygen atoms in total. The van der Waals surface area contributed by atoms with Gasteiger partial charge in [0.25, 0.3) is 0 Å². The van der Waals surface area contributed by atoms with Crippen LogP contribution in [0, 0.1) is 5.82 Å². The predicted molar refractivity (Wildman–Crippen MR) is 70.3 cm³/mol. The highest BCUT2D eigenvalue weighted by atomic mass is 19.1. The fourth-order valence-electron chi connectivity index (χ4n) is 2.33. The van der Waals surface area contributed by atoms with E-state index in [1.807, 2.05) is 0 Å². The topological polar surface area (TPSA) is 90.0 Å². The summed E-state index contributed by atoms with van der Waals surface area (Å²) in [7, 11) is 0. The molecule has 20 heavy (non-hydrogen) atoms. The van der Waals surface area contributed by atoms with Crippen LogP contribution in [0.3, 0.4) is 0 Å². The molecule has 0 aliphatic carbocycles. The maximum absolute atomic E-state index is 13.1. The SMILES string of the molecule is O=C(NCc1nc2ccc(F)cc2[nH]1)C1CC(O)CN1. The molecule has 2 aromatic rings. The van der Waals surface area contributed by atoms with E-state index in [4.69, 9.17) is 0 Å². The number of hydrogen-bond acceptors (Lipinski definition) is 4. The van der Waals surface area contributed by atoms with Crippen molar-refractivity contribution in [2.75, 3.05) is 6.54 Å². The number of carbonyl (C=O) groups is 1. The molecule has 4 N–H and O–H groups in total. The van der Waals surface area contributed by atoms with Gasteiger partial charge in [-0.1, -0.05) is 0 Å². The van der Waals surface area contributed by atoms with Crippen LogP contribution >= 0.6 is 0 Å². The largest absolute Gasteiger partial charge is 0.392 e. The zero-order valence-corrected chi connectivity index (χ0v) is 10.7. The number of amides is 1. The Morgan fingerprint density at radius 2 is 2.40 bits per heavy atom. The lowest BCUT2D eigenvalue weighted by Gasteiger charge is -2.09. The van der Waals surface area contributed by atoms with Crippen LogP contribution < -0.4 is 10.6 Å². The first-order valence-corrected chi connectivity index (χ1v) is 6.45. The number of benzene rings is 1. The van der Waals surface area contributed by atoms with Gasteiger partial charge < -0.3 is 20.7 Å². The number of carbonyl (C=O) groups excluding carboxylic acids is 1. The predicted octanol–water partition coefficient (Wildman–Crippen LogP) is 0.0410. The van der Waals surface area contributed by atoms with E-state index < -0.39 is 6.10 Å². The number of imidazole rings is 1. The van der Waals surface area contributed by atoms with Gasteiger partial charge in [-0.15, -0.1) is 0 Å². The average Bonchev–Trinajstić information content (AvgIpc) is 3.01. The Kier molecular flexibility index (Phi) is 3.37. The van der Waals surface area contributed by atoms with Gasteiger partial charge in [0, 0.05) is 6.54 Å². The van der Waals surface area contributed by atoms with E-state index in [9.17, 15) is 14.3 Å². The summed E-state index contributed by atoms with van der Waals surface area (Å²) in [5, 5.41) is 15.0. The van der Waals surface area contributed by atoms with Gasteiger partial charge in [-0.25, -0.2) is 9.37 Å². The van der Waals surface area contributed by atoms with Crippen LogP contribution in [-0.4, -0.2) is 39.7 Å². The fraction of sp³-hybridized carbons (Fsp3) is 0.385. The molecule has 1 amide bonds. The van der Waals surface area contributed by atoms with Crippen molar-refractivity contribution in [3.63, 3.8) is 0 Å². The standard InChI is InChI=1S/C13H15FN4O2/c14-7-1-2-9-10(3-7)18-12(17-9)6-16-13(20)11-4-8(19)5-15-11/h1-3,8,11,15,19H,4-6H2,(H,16,20)(H,17,18). The van der Waals surface area contributed by atoms with Gasteiger partial charge in [-0.3, -0.25) is 4.79 Å². The molecule has 2 atom stereocenters. The van der Waals surface area contributed by atoms with Gasteiger partial charge in [0.2, 0.25) is 5.91 Å². The van der Waals surface area contributed by atoms with Gasteiger partial charge in [-0.2, -0.15) is 0 Å². The number of aliphatic hydroxyl groups excluding tert-OH is 1. The third-order valence-electron chi connectivity index (χ3n) is 3.35. The molecule has 0 saturated carbocycles. The summed E-state index contributed by atoms with van der Waals surface area (Å²) in [4.78, 5) is 19.1. The monoisotopic (exact) mass is 278 g/mol. The number of aromatic nitrogens is 2. The lowest BCUT2D eigenvalue weighted by molar-refractivity contribution is -0.123. The first-order chi connectivity index (χ1) is 9.61. The number of rotatable bonds is 3. The van der Waals surface area contributed by atoms with Crippen molar-refractivity contribution < 1.29 is 14.3 Å². The second-order valence-corrected chi connectivity index (χ2v) is 4.91. The van der Waals surface area contributed by atoms with Crippen LogP contribution in [0.1, 0.15) is 12.2 Å². The second-order valence-electron chi connectivity index (χ2n) is 4.91. The number of aliphatic hydroxyl groups is 1. The highest BCUT2D eigenvalue weighted by Crippen LogP contribution is 2.13. The maximum Gasteiger partial charge on any atom is 0.237 e. The summed E-state index contributed by atoms with van der Waals surface area (Å²) in [6.45, 7) is 0.672. The molecule has 0 spiro atoms. The van der Waals surface area contributed by atoms with E-state index in [1.165, 1.54) is 12.1 Å². The van der Waals surface area contributed by atoms with Crippen LogP contribution in [-0.2, 0) is 11.3 Å². The van der Waals surface area contributed by atoms with E-state index >= 15 is 0 Å². The molecule has 7 heteroatoms. The minimum Gasteiger partial charge on any atom is -0.392 e. The summed E-state index contributed by atoms with van der Waals surface area (Å²) in [5.74, 6) is 0.0616. The fourth-order valence-corrected chi connectivity index (χ4v) is 2.33. The Hall–Kier alpha value is -1.99. The molecule has 3 rings (SSSR count). The van der Waals surface area contributed by atoms with E-state index in [0.717, 1.165) is 0 Å². The minimum atomic E-state index is -0.472. The summed E-state index contributed by atoms with van der Waals surface area (Å²) in [6.07, 6.45) is -0.0584. The quantitative estimate of drug-likeness (QED) is 0.638. The smallest absolute Gasteiger partial charge is 0.237 e. The van der Waals surface area contributed by atoms with Crippen molar-refractivity contribution in [3.8, 4) is 0 Å². The van der Waals surface area contributed by atoms with Crippen LogP contribution in [0.15, 0.2) is 18.2 Å². The zero-order chi connectivity index (χ0) is 14.1. The van der Waals surface area contributed by atoms with Gasteiger partial charge in [0.1, 0.15) is 11.6 Å². The lowest BCUT2D eigenvalue weighted by Crippen LogP contribution is -2.40. The van der Waals surface area contributed by atoms with Gasteiger partial charge >= 0.3 is 0 Å². The Morgan fingerprint density at radius 1 is 1.55 bits per heavy atom. The number of halogens is 1.